The topological polar surface area (TPSA) is 12.0 Å². The molecule has 0 amide bonds. The molecule has 16 heavy (non-hydrogen) atoms. The molecule has 0 aliphatic rings. The minimum atomic E-state index is -0.116. The highest BCUT2D eigenvalue weighted by molar-refractivity contribution is 8.00. The van der Waals surface area contributed by atoms with Crippen molar-refractivity contribution in [1.82, 2.24) is 5.32 Å². The fourth-order valence-corrected chi connectivity index (χ4v) is 2.49. The van der Waals surface area contributed by atoms with E-state index in [1.54, 1.807) is 17.8 Å². The first-order valence-electron chi connectivity index (χ1n) is 5.61. The minimum absolute atomic E-state index is 0.106. The molecule has 1 N–H and O–H groups in total. The van der Waals surface area contributed by atoms with Crippen LogP contribution in [0.3, 0.4) is 0 Å². The molecule has 1 aromatic rings. The van der Waals surface area contributed by atoms with Gasteiger partial charge in [-0.1, -0.05) is 33.8 Å². The molecule has 0 saturated heterocycles. The maximum Gasteiger partial charge on any atom is 0.128 e. The Kier molecular flexibility index (Phi) is 4.81. The molecule has 0 saturated carbocycles. The van der Waals surface area contributed by atoms with Crippen LogP contribution in [-0.4, -0.2) is 11.3 Å². The first-order chi connectivity index (χ1) is 7.44. The molecule has 1 aromatic carbocycles. The van der Waals surface area contributed by atoms with Gasteiger partial charge in [0.1, 0.15) is 5.82 Å². The van der Waals surface area contributed by atoms with Crippen molar-refractivity contribution in [3.05, 3.63) is 29.6 Å². The van der Waals surface area contributed by atoms with E-state index in [-0.39, 0.29) is 10.6 Å². The molecule has 1 rings (SSSR count). The first-order valence-corrected chi connectivity index (χ1v) is 6.43. The van der Waals surface area contributed by atoms with Gasteiger partial charge in [-0.3, -0.25) is 0 Å². The van der Waals surface area contributed by atoms with Gasteiger partial charge in [0.2, 0.25) is 0 Å². The van der Waals surface area contributed by atoms with Crippen LogP contribution >= 0.6 is 11.8 Å². The Morgan fingerprint density at radius 2 is 2.00 bits per heavy atom. The predicted octanol–water partition coefficient (Wildman–Crippen LogP) is 3.83. The van der Waals surface area contributed by atoms with E-state index in [0.717, 1.165) is 17.0 Å². The monoisotopic (exact) mass is 241 g/mol. The van der Waals surface area contributed by atoms with E-state index < -0.39 is 0 Å². The van der Waals surface area contributed by atoms with Crippen LogP contribution in [0, 0.1) is 5.82 Å². The lowest BCUT2D eigenvalue weighted by molar-refractivity contribution is 0.585. The van der Waals surface area contributed by atoms with Gasteiger partial charge in [0.15, 0.2) is 0 Å². The highest BCUT2D eigenvalue weighted by atomic mass is 32.2. The number of benzene rings is 1. The molecule has 0 aromatic heterocycles. The Morgan fingerprint density at radius 3 is 2.56 bits per heavy atom. The SMILES string of the molecule is CCNCc1c(F)cccc1SC(C)(C)C. The summed E-state index contributed by atoms with van der Waals surface area (Å²) in [5.74, 6) is -0.116. The molecule has 0 fully saturated rings. The molecule has 1 nitrogen and oxygen atoms in total. The van der Waals surface area contributed by atoms with Gasteiger partial charge in [-0.25, -0.2) is 4.39 Å². The van der Waals surface area contributed by atoms with E-state index in [4.69, 9.17) is 0 Å². The first kappa shape index (κ1) is 13.5. The number of hydrogen-bond acceptors (Lipinski definition) is 2. The van der Waals surface area contributed by atoms with Gasteiger partial charge in [0, 0.05) is 21.8 Å². The maximum absolute atomic E-state index is 13.7. The summed E-state index contributed by atoms with van der Waals surface area (Å²) in [5.41, 5.74) is 0.782. The van der Waals surface area contributed by atoms with Crippen LogP contribution in [0.25, 0.3) is 0 Å². The van der Waals surface area contributed by atoms with E-state index >= 15 is 0 Å². The molecule has 0 bridgehead atoms. The molecular weight excluding hydrogens is 221 g/mol. The fourth-order valence-electron chi connectivity index (χ4n) is 1.39. The molecule has 0 radical (unpaired) electrons. The van der Waals surface area contributed by atoms with E-state index in [0.29, 0.717) is 6.54 Å². The number of thioether (sulfide) groups is 1. The Hall–Kier alpha value is -0.540. The van der Waals surface area contributed by atoms with Crippen molar-refractivity contribution in [2.75, 3.05) is 6.54 Å². The lowest BCUT2D eigenvalue weighted by Crippen LogP contribution is -2.15. The second kappa shape index (κ2) is 5.69. The normalized spacial score (nSPS) is 11.8. The molecule has 0 aliphatic carbocycles. The minimum Gasteiger partial charge on any atom is -0.313 e. The van der Waals surface area contributed by atoms with Gasteiger partial charge >= 0.3 is 0 Å². The van der Waals surface area contributed by atoms with Crippen LogP contribution < -0.4 is 5.32 Å². The Morgan fingerprint density at radius 1 is 1.31 bits per heavy atom. The lowest BCUT2D eigenvalue weighted by Gasteiger charge is -2.20. The molecule has 0 unspecified atom stereocenters. The lowest BCUT2D eigenvalue weighted by atomic mass is 10.2. The standard InChI is InChI=1S/C13H20FNS/c1-5-15-9-10-11(14)7-6-8-12(10)16-13(2,3)4/h6-8,15H,5,9H2,1-4H3. The third-order valence-corrected chi connectivity index (χ3v) is 3.26. The van der Waals surface area contributed by atoms with Gasteiger partial charge in [-0.2, -0.15) is 0 Å². The highest BCUT2D eigenvalue weighted by Gasteiger charge is 2.16. The third-order valence-electron chi connectivity index (χ3n) is 2.04. The Bertz CT molecular complexity index is 344. The average molecular weight is 241 g/mol. The summed E-state index contributed by atoms with van der Waals surface area (Å²) in [6.07, 6.45) is 0. The van der Waals surface area contributed by atoms with Crippen LogP contribution in [0.2, 0.25) is 0 Å². The quantitative estimate of drug-likeness (QED) is 0.804. The molecule has 0 aliphatic heterocycles. The van der Waals surface area contributed by atoms with Crippen molar-refractivity contribution in [3.8, 4) is 0 Å². The molecular formula is C13H20FNS. The van der Waals surface area contributed by atoms with E-state index in [1.807, 2.05) is 13.0 Å². The van der Waals surface area contributed by atoms with Crippen molar-refractivity contribution in [1.29, 1.82) is 0 Å². The van der Waals surface area contributed by atoms with Crippen LogP contribution in [0.4, 0.5) is 4.39 Å². The van der Waals surface area contributed by atoms with Crippen molar-refractivity contribution in [2.45, 2.75) is 43.9 Å². The van der Waals surface area contributed by atoms with Gasteiger partial charge in [-0.15, -0.1) is 11.8 Å². The summed E-state index contributed by atoms with van der Waals surface area (Å²) in [6, 6.07) is 5.30. The summed E-state index contributed by atoms with van der Waals surface area (Å²) in [4.78, 5) is 1.04. The summed E-state index contributed by atoms with van der Waals surface area (Å²) < 4.78 is 13.8. The zero-order valence-corrected chi connectivity index (χ0v) is 11.2. The van der Waals surface area contributed by atoms with E-state index in [1.165, 1.54) is 6.07 Å². The van der Waals surface area contributed by atoms with Crippen LogP contribution in [0.1, 0.15) is 33.3 Å². The zero-order chi connectivity index (χ0) is 12.2. The maximum atomic E-state index is 13.7. The summed E-state index contributed by atoms with van der Waals surface area (Å²) in [7, 11) is 0. The second-order valence-corrected chi connectivity index (χ2v) is 6.58. The summed E-state index contributed by atoms with van der Waals surface area (Å²) in [6.45, 7) is 9.89. The third kappa shape index (κ3) is 4.14. The molecule has 0 heterocycles. The zero-order valence-electron chi connectivity index (χ0n) is 10.4. The molecule has 90 valence electrons. The van der Waals surface area contributed by atoms with Crippen molar-refractivity contribution in [2.24, 2.45) is 0 Å². The van der Waals surface area contributed by atoms with E-state index in [9.17, 15) is 4.39 Å². The smallest absolute Gasteiger partial charge is 0.128 e. The highest BCUT2D eigenvalue weighted by Crippen LogP contribution is 2.34. The van der Waals surface area contributed by atoms with Crippen molar-refractivity contribution < 1.29 is 4.39 Å². The van der Waals surface area contributed by atoms with Crippen molar-refractivity contribution in [3.63, 3.8) is 0 Å². The number of nitrogens with one attached hydrogen (secondary N) is 1. The molecule has 3 heteroatoms. The van der Waals surface area contributed by atoms with Gasteiger partial charge in [0.25, 0.3) is 0 Å². The molecule has 0 atom stereocenters. The van der Waals surface area contributed by atoms with Crippen LogP contribution in [0.5, 0.6) is 0 Å². The number of hydrogen-bond donors (Lipinski definition) is 1. The van der Waals surface area contributed by atoms with Gasteiger partial charge < -0.3 is 5.32 Å². The van der Waals surface area contributed by atoms with Crippen LogP contribution in [-0.2, 0) is 6.54 Å². The van der Waals surface area contributed by atoms with Crippen molar-refractivity contribution >= 4 is 11.8 Å². The van der Waals surface area contributed by atoms with Gasteiger partial charge in [-0.05, 0) is 18.7 Å². The summed E-state index contributed by atoms with van der Waals surface area (Å²) >= 11 is 1.71. The Balaban J connectivity index is 2.93. The predicted molar refractivity (Wildman–Crippen MR) is 69.4 cm³/mol. The second-order valence-electron chi connectivity index (χ2n) is 4.71. The van der Waals surface area contributed by atoms with E-state index in [2.05, 4.69) is 26.1 Å². The Labute approximate surface area is 102 Å². The number of halogens is 1. The van der Waals surface area contributed by atoms with Gasteiger partial charge in [0.05, 0.1) is 0 Å². The fraction of sp³-hybridized carbons (Fsp3) is 0.538. The van der Waals surface area contributed by atoms with Crippen LogP contribution in [0.15, 0.2) is 23.1 Å². The molecule has 0 spiro atoms. The average Bonchev–Trinajstić information content (AvgIpc) is 2.14. The number of rotatable bonds is 4. The largest absolute Gasteiger partial charge is 0.313 e. The summed E-state index contributed by atoms with van der Waals surface area (Å²) in [5, 5.41) is 3.18.